The van der Waals surface area contributed by atoms with E-state index in [1.54, 1.807) is 0 Å². The number of likely N-dealkylation sites (N-methyl/N-ethyl adjacent to an activating group) is 1. The lowest BCUT2D eigenvalue weighted by atomic mass is 9.75. The topological polar surface area (TPSA) is 28.3 Å². The molecule has 4 aromatic rings. The Kier molecular flexibility index (Phi) is 4.96. The molecule has 1 aliphatic heterocycles. The average molecular weight is 411 g/mol. The maximum atomic E-state index is 6.98. The van der Waals surface area contributed by atoms with Gasteiger partial charge in [0, 0.05) is 17.1 Å². The van der Waals surface area contributed by atoms with Gasteiger partial charge in [0.1, 0.15) is 11.8 Å². The number of hydrogen-bond acceptors (Lipinski definition) is 2. The molecule has 5 rings (SSSR count). The van der Waals surface area contributed by atoms with Crippen LogP contribution in [0.5, 0.6) is 0 Å². The number of benzene rings is 3. The molecular formula is C28H30N2O. The van der Waals surface area contributed by atoms with E-state index in [2.05, 4.69) is 117 Å². The van der Waals surface area contributed by atoms with Crippen LogP contribution in [0.15, 0.2) is 79.0 Å². The Balaban J connectivity index is 1.74. The van der Waals surface area contributed by atoms with Gasteiger partial charge in [-0.2, -0.15) is 0 Å². The van der Waals surface area contributed by atoms with Gasteiger partial charge in [0.25, 0.3) is 0 Å². The van der Waals surface area contributed by atoms with E-state index in [1.165, 1.54) is 38.7 Å². The smallest absolute Gasteiger partial charge is 0.136 e. The number of hydrogen-bond donors (Lipinski definition) is 1. The summed E-state index contributed by atoms with van der Waals surface area (Å²) in [4.78, 5) is 5.86. The molecule has 0 saturated carbocycles. The maximum absolute atomic E-state index is 6.98. The van der Waals surface area contributed by atoms with Crippen LogP contribution in [-0.2, 0) is 16.8 Å². The fraction of sp³-hybridized carbons (Fsp3) is 0.286. The first kappa shape index (κ1) is 20.0. The first-order valence-corrected chi connectivity index (χ1v) is 11.1. The number of aryl methyl sites for hydroxylation is 2. The minimum Gasteiger partial charge on any atom is -0.361 e. The van der Waals surface area contributed by atoms with Crippen LogP contribution in [0.3, 0.4) is 0 Å². The minimum absolute atomic E-state index is 0.00872. The van der Waals surface area contributed by atoms with Gasteiger partial charge in [0.05, 0.1) is 6.04 Å². The van der Waals surface area contributed by atoms with Crippen molar-refractivity contribution in [1.29, 1.82) is 0 Å². The number of rotatable bonds is 4. The molecule has 158 valence electrons. The van der Waals surface area contributed by atoms with E-state index in [-0.39, 0.29) is 12.3 Å². The predicted molar refractivity (Wildman–Crippen MR) is 127 cm³/mol. The summed E-state index contributed by atoms with van der Waals surface area (Å²) in [7, 11) is 2.20. The van der Waals surface area contributed by atoms with Crippen molar-refractivity contribution in [3.05, 3.63) is 107 Å². The average Bonchev–Trinajstić information content (AvgIpc) is 3.29. The predicted octanol–water partition coefficient (Wildman–Crippen LogP) is 5.95. The van der Waals surface area contributed by atoms with Gasteiger partial charge in [-0.15, -0.1) is 0 Å². The molecule has 1 fully saturated rings. The zero-order chi connectivity index (χ0) is 21.6. The molecule has 1 saturated heterocycles. The molecule has 3 aromatic carbocycles. The molecule has 1 aromatic heterocycles. The van der Waals surface area contributed by atoms with Crippen LogP contribution in [0.4, 0.5) is 0 Å². The van der Waals surface area contributed by atoms with Crippen molar-refractivity contribution in [2.24, 2.45) is 0 Å². The number of nitrogens with zero attached hydrogens (tertiary/aromatic N) is 1. The fourth-order valence-corrected chi connectivity index (χ4v) is 5.38. The summed E-state index contributed by atoms with van der Waals surface area (Å²) in [5, 5.41) is 1.29. The molecule has 0 aliphatic carbocycles. The third-order valence-electron chi connectivity index (χ3n) is 7.07. The highest BCUT2D eigenvalue weighted by Gasteiger charge is 2.54. The first-order chi connectivity index (χ1) is 15.0. The Hall–Kier alpha value is -2.88. The number of aromatic amines is 1. The van der Waals surface area contributed by atoms with Gasteiger partial charge in [-0.1, -0.05) is 66.7 Å². The van der Waals surface area contributed by atoms with Crippen molar-refractivity contribution in [3.8, 4) is 0 Å². The third-order valence-corrected chi connectivity index (χ3v) is 7.07. The molecule has 1 aliphatic rings. The quantitative estimate of drug-likeness (QED) is 0.450. The first-order valence-electron chi connectivity index (χ1n) is 11.1. The molecule has 0 spiro atoms. The minimum atomic E-state index is -0.538. The van der Waals surface area contributed by atoms with Gasteiger partial charge in [0.15, 0.2) is 0 Å². The third kappa shape index (κ3) is 3.12. The van der Waals surface area contributed by atoms with Crippen LogP contribution in [0.25, 0.3) is 10.9 Å². The number of fused-ring (bicyclic) bond motifs is 1. The maximum Gasteiger partial charge on any atom is 0.136 e. The lowest BCUT2D eigenvalue weighted by Gasteiger charge is -2.38. The largest absolute Gasteiger partial charge is 0.361 e. The Morgan fingerprint density at radius 2 is 1.45 bits per heavy atom. The van der Waals surface area contributed by atoms with E-state index < -0.39 is 5.60 Å². The summed E-state index contributed by atoms with van der Waals surface area (Å²) in [5.74, 6) is 0. The summed E-state index contributed by atoms with van der Waals surface area (Å²) in [6.07, 6.45) is 3.07. The normalized spacial score (nSPS) is 21.0. The van der Waals surface area contributed by atoms with E-state index in [9.17, 15) is 0 Å². The Morgan fingerprint density at radius 3 is 2.10 bits per heavy atom. The van der Waals surface area contributed by atoms with Gasteiger partial charge < -0.3 is 9.72 Å². The van der Waals surface area contributed by atoms with E-state index in [0.29, 0.717) is 0 Å². The molecule has 1 N–H and O–H groups in total. The highest BCUT2D eigenvalue weighted by molar-refractivity contribution is 5.83. The number of nitrogens with one attached hydrogen (secondary N) is 1. The summed E-state index contributed by atoms with van der Waals surface area (Å²) in [5.41, 5.74) is 7.01. The highest BCUT2D eigenvalue weighted by atomic mass is 16.5. The van der Waals surface area contributed by atoms with Crippen molar-refractivity contribution in [2.45, 2.75) is 45.1 Å². The second-order valence-electron chi connectivity index (χ2n) is 8.83. The molecule has 31 heavy (non-hydrogen) atoms. The zero-order valence-electron chi connectivity index (χ0n) is 18.7. The Labute approximate surface area is 184 Å². The molecular weight excluding hydrogens is 380 g/mol. The van der Waals surface area contributed by atoms with Crippen LogP contribution in [0.1, 0.15) is 34.7 Å². The number of ether oxygens (including phenoxy) is 1. The second-order valence-corrected chi connectivity index (χ2v) is 8.83. The number of aromatic nitrogens is 1. The van der Waals surface area contributed by atoms with Crippen molar-refractivity contribution in [1.82, 2.24) is 9.88 Å². The van der Waals surface area contributed by atoms with Gasteiger partial charge in [-0.3, -0.25) is 4.90 Å². The molecule has 3 nitrogen and oxygen atoms in total. The SMILES string of the molecule is Cc1ccccc1C1(c2ccccc2C)O[C@@H](C)N(C)[C@H]1Cc1c[nH]c2ccccc12. The van der Waals surface area contributed by atoms with Crippen molar-refractivity contribution in [2.75, 3.05) is 7.05 Å². The van der Waals surface area contributed by atoms with Crippen molar-refractivity contribution in [3.63, 3.8) is 0 Å². The Morgan fingerprint density at radius 1 is 0.871 bits per heavy atom. The summed E-state index contributed by atoms with van der Waals surface area (Å²) < 4.78 is 6.98. The van der Waals surface area contributed by atoms with Crippen LogP contribution in [-0.4, -0.2) is 29.2 Å². The summed E-state index contributed by atoms with van der Waals surface area (Å²) >= 11 is 0. The van der Waals surface area contributed by atoms with Crippen LogP contribution in [0, 0.1) is 13.8 Å². The second kappa shape index (κ2) is 7.67. The fourth-order valence-electron chi connectivity index (χ4n) is 5.38. The monoisotopic (exact) mass is 410 g/mol. The standard InChI is InChI=1S/C28H30N2O/c1-19-11-5-8-14-24(19)28(25-15-9-6-12-20(25)2)27(30(4)21(3)31-28)17-22-18-29-26-16-10-7-13-23(22)26/h5-16,18,21,27,29H,17H2,1-4H3/t21-,27-/m0/s1. The van der Waals surface area contributed by atoms with E-state index in [1.807, 2.05) is 0 Å². The van der Waals surface area contributed by atoms with Crippen LogP contribution >= 0.6 is 0 Å². The van der Waals surface area contributed by atoms with Crippen LogP contribution in [0.2, 0.25) is 0 Å². The molecule has 0 unspecified atom stereocenters. The van der Waals surface area contributed by atoms with Gasteiger partial charge in [-0.25, -0.2) is 0 Å². The van der Waals surface area contributed by atoms with Gasteiger partial charge >= 0.3 is 0 Å². The number of H-pyrrole nitrogens is 1. The lowest BCUT2D eigenvalue weighted by Crippen LogP contribution is -2.45. The summed E-state index contributed by atoms with van der Waals surface area (Å²) in [6, 6.07) is 26.1. The molecule has 2 heterocycles. The molecule has 0 amide bonds. The van der Waals surface area contributed by atoms with Crippen molar-refractivity contribution >= 4 is 10.9 Å². The molecule has 2 atom stereocenters. The molecule has 0 bridgehead atoms. The zero-order valence-corrected chi connectivity index (χ0v) is 18.7. The van der Waals surface area contributed by atoms with E-state index in [0.717, 1.165) is 6.42 Å². The van der Waals surface area contributed by atoms with E-state index in [4.69, 9.17) is 4.74 Å². The summed E-state index contributed by atoms with van der Waals surface area (Å²) in [6.45, 7) is 6.56. The molecule has 0 radical (unpaired) electrons. The molecule has 3 heteroatoms. The van der Waals surface area contributed by atoms with Crippen LogP contribution < -0.4 is 0 Å². The number of para-hydroxylation sites is 1. The van der Waals surface area contributed by atoms with Gasteiger partial charge in [-0.05, 0) is 68.1 Å². The highest BCUT2D eigenvalue weighted by Crippen LogP contribution is 2.48. The van der Waals surface area contributed by atoms with Crippen molar-refractivity contribution < 1.29 is 4.74 Å². The van der Waals surface area contributed by atoms with E-state index >= 15 is 0 Å². The Bertz CT molecular complexity index is 1180. The lowest BCUT2D eigenvalue weighted by molar-refractivity contribution is -0.0283. The van der Waals surface area contributed by atoms with Gasteiger partial charge in [0.2, 0.25) is 0 Å².